The molecule has 2 aromatic rings. The van der Waals surface area contributed by atoms with Crippen LogP contribution in [0, 0.1) is 5.92 Å². The predicted octanol–water partition coefficient (Wildman–Crippen LogP) is 3.24. The zero-order valence-electron chi connectivity index (χ0n) is 17.0. The van der Waals surface area contributed by atoms with Crippen LogP contribution in [-0.2, 0) is 11.3 Å². The summed E-state index contributed by atoms with van der Waals surface area (Å²) in [6, 6.07) is 19.0. The summed E-state index contributed by atoms with van der Waals surface area (Å²) in [7, 11) is 1.65. The predicted molar refractivity (Wildman–Crippen MR) is 113 cm³/mol. The number of ether oxygens (including phenoxy) is 1. The molecule has 29 heavy (non-hydrogen) atoms. The van der Waals surface area contributed by atoms with Crippen LogP contribution in [0.15, 0.2) is 54.6 Å². The second-order valence-corrected chi connectivity index (χ2v) is 8.05. The molecular formula is C24H30N2O3. The minimum atomic E-state index is -0.0227. The first-order valence-corrected chi connectivity index (χ1v) is 10.5. The van der Waals surface area contributed by atoms with Crippen LogP contribution in [0.3, 0.4) is 0 Å². The van der Waals surface area contributed by atoms with E-state index in [1.807, 2.05) is 35.2 Å². The molecule has 5 nitrogen and oxygen atoms in total. The van der Waals surface area contributed by atoms with Gasteiger partial charge in [0, 0.05) is 25.2 Å². The maximum absolute atomic E-state index is 13.5. The molecule has 2 heterocycles. The molecule has 2 saturated heterocycles. The van der Waals surface area contributed by atoms with Crippen LogP contribution in [0.25, 0.3) is 0 Å². The summed E-state index contributed by atoms with van der Waals surface area (Å²) in [4.78, 5) is 17.9. The van der Waals surface area contributed by atoms with Crippen molar-refractivity contribution in [2.75, 3.05) is 26.8 Å². The summed E-state index contributed by atoms with van der Waals surface area (Å²) in [6.45, 7) is 1.92. The number of fused-ring (bicyclic) bond motifs is 1. The number of amides is 1. The van der Waals surface area contributed by atoms with Crippen molar-refractivity contribution in [1.82, 2.24) is 9.80 Å². The largest absolute Gasteiger partial charge is 0.497 e. The highest BCUT2D eigenvalue weighted by molar-refractivity contribution is 5.80. The Balaban J connectivity index is 1.52. The Labute approximate surface area is 172 Å². The van der Waals surface area contributed by atoms with Crippen LogP contribution >= 0.6 is 0 Å². The first-order chi connectivity index (χ1) is 14.2. The fourth-order valence-electron chi connectivity index (χ4n) is 5.01. The third-order valence-electron chi connectivity index (χ3n) is 6.40. The van der Waals surface area contributed by atoms with Crippen molar-refractivity contribution in [3.63, 3.8) is 0 Å². The van der Waals surface area contributed by atoms with Crippen molar-refractivity contribution in [1.29, 1.82) is 0 Å². The van der Waals surface area contributed by atoms with Crippen LogP contribution in [-0.4, -0.2) is 53.7 Å². The molecule has 2 aromatic carbocycles. The van der Waals surface area contributed by atoms with E-state index < -0.39 is 0 Å². The summed E-state index contributed by atoms with van der Waals surface area (Å²) in [5.74, 6) is 0.967. The molecule has 0 aliphatic carbocycles. The van der Waals surface area contributed by atoms with Crippen LogP contribution in [0.1, 0.15) is 36.4 Å². The Hall–Kier alpha value is -2.37. The van der Waals surface area contributed by atoms with Gasteiger partial charge in [-0.15, -0.1) is 0 Å². The van der Waals surface area contributed by atoms with E-state index in [4.69, 9.17) is 4.74 Å². The van der Waals surface area contributed by atoms with E-state index >= 15 is 0 Å². The lowest BCUT2D eigenvalue weighted by Gasteiger charge is -2.28. The number of aliphatic hydroxyl groups is 1. The Morgan fingerprint density at radius 3 is 2.62 bits per heavy atom. The average Bonchev–Trinajstić information content (AvgIpc) is 3.37. The highest BCUT2D eigenvalue weighted by atomic mass is 16.5. The molecule has 5 heteroatoms. The van der Waals surface area contributed by atoms with Crippen molar-refractivity contribution in [2.24, 2.45) is 5.92 Å². The highest BCUT2D eigenvalue weighted by Gasteiger charge is 2.48. The summed E-state index contributed by atoms with van der Waals surface area (Å²) in [5.41, 5.74) is 2.35. The molecule has 2 aliphatic rings. The molecule has 154 valence electrons. The SMILES string of the molecule is COc1ccc(CN(CCO)C(=O)[C@H]2C[C@@H](c3ccccc3)N3CCC[C@H]23)cc1. The minimum absolute atomic E-state index is 0.00694. The smallest absolute Gasteiger partial charge is 0.227 e. The standard InChI is InChI=1S/C24H30N2O3/c1-29-20-11-9-18(10-12-20)17-25(14-15-27)24(28)21-16-23(19-6-3-2-4-7-19)26-13-5-8-22(21)26/h2-4,6-7,9-12,21-23,27H,5,8,13-17H2,1H3/t21-,22+,23-/m0/s1. The lowest BCUT2D eigenvalue weighted by atomic mass is 9.93. The summed E-state index contributed by atoms with van der Waals surface area (Å²) >= 11 is 0. The van der Waals surface area contributed by atoms with E-state index in [1.165, 1.54) is 5.56 Å². The van der Waals surface area contributed by atoms with Crippen LogP contribution in [0.2, 0.25) is 0 Å². The van der Waals surface area contributed by atoms with Gasteiger partial charge in [0.15, 0.2) is 0 Å². The van der Waals surface area contributed by atoms with Gasteiger partial charge in [0.2, 0.25) is 5.91 Å². The van der Waals surface area contributed by atoms with Crippen molar-refractivity contribution < 1.29 is 14.6 Å². The third kappa shape index (κ3) is 4.16. The monoisotopic (exact) mass is 394 g/mol. The quantitative estimate of drug-likeness (QED) is 0.783. The summed E-state index contributed by atoms with van der Waals surface area (Å²) in [6.07, 6.45) is 3.09. The Morgan fingerprint density at radius 1 is 1.17 bits per heavy atom. The zero-order chi connectivity index (χ0) is 20.2. The number of hydrogen-bond acceptors (Lipinski definition) is 4. The van der Waals surface area contributed by atoms with Crippen LogP contribution in [0.5, 0.6) is 5.75 Å². The third-order valence-corrected chi connectivity index (χ3v) is 6.40. The number of methoxy groups -OCH3 is 1. The molecule has 1 N–H and O–H groups in total. The molecule has 2 aliphatic heterocycles. The van der Waals surface area contributed by atoms with E-state index in [9.17, 15) is 9.90 Å². The summed E-state index contributed by atoms with van der Waals surface area (Å²) in [5, 5.41) is 9.58. The van der Waals surface area contributed by atoms with E-state index in [0.29, 0.717) is 25.2 Å². The lowest BCUT2D eigenvalue weighted by molar-refractivity contribution is -0.137. The minimum Gasteiger partial charge on any atom is -0.497 e. The fraction of sp³-hybridized carbons (Fsp3) is 0.458. The molecule has 4 rings (SSSR count). The Kier molecular flexibility index (Phi) is 6.16. The zero-order valence-corrected chi connectivity index (χ0v) is 17.0. The van der Waals surface area contributed by atoms with Gasteiger partial charge in [0.25, 0.3) is 0 Å². The molecule has 0 saturated carbocycles. The van der Waals surface area contributed by atoms with Crippen LogP contribution in [0.4, 0.5) is 0 Å². The maximum Gasteiger partial charge on any atom is 0.227 e. The number of hydrogen-bond donors (Lipinski definition) is 1. The van der Waals surface area contributed by atoms with Crippen molar-refractivity contribution in [2.45, 2.75) is 37.9 Å². The van der Waals surface area contributed by atoms with Gasteiger partial charge in [-0.2, -0.15) is 0 Å². The fourth-order valence-corrected chi connectivity index (χ4v) is 5.01. The van der Waals surface area contributed by atoms with Gasteiger partial charge in [0.1, 0.15) is 5.75 Å². The second-order valence-electron chi connectivity index (χ2n) is 8.05. The van der Waals surface area contributed by atoms with Gasteiger partial charge in [-0.05, 0) is 49.1 Å². The van der Waals surface area contributed by atoms with Gasteiger partial charge in [-0.25, -0.2) is 0 Å². The number of carbonyl (C=O) groups is 1. The normalized spacial score (nSPS) is 23.7. The molecule has 0 unspecified atom stereocenters. The number of nitrogens with zero attached hydrogens (tertiary/aromatic N) is 2. The molecule has 0 radical (unpaired) electrons. The number of aliphatic hydroxyl groups excluding tert-OH is 1. The molecule has 0 aromatic heterocycles. The average molecular weight is 395 g/mol. The Bertz CT molecular complexity index is 809. The second kappa shape index (κ2) is 8.97. The Morgan fingerprint density at radius 2 is 1.93 bits per heavy atom. The first-order valence-electron chi connectivity index (χ1n) is 10.5. The van der Waals surface area contributed by atoms with Crippen molar-refractivity contribution in [3.8, 4) is 5.75 Å². The molecule has 2 fully saturated rings. The van der Waals surface area contributed by atoms with Crippen molar-refractivity contribution >= 4 is 5.91 Å². The van der Waals surface area contributed by atoms with E-state index in [0.717, 1.165) is 37.1 Å². The topological polar surface area (TPSA) is 53.0 Å². The van der Waals surface area contributed by atoms with E-state index in [1.54, 1.807) is 7.11 Å². The van der Waals surface area contributed by atoms with Crippen LogP contribution < -0.4 is 4.74 Å². The molecular weight excluding hydrogens is 364 g/mol. The number of benzene rings is 2. The van der Waals surface area contributed by atoms with E-state index in [-0.39, 0.29) is 18.4 Å². The lowest BCUT2D eigenvalue weighted by Crippen LogP contribution is -2.41. The number of rotatable bonds is 7. The van der Waals surface area contributed by atoms with E-state index in [2.05, 4.69) is 29.2 Å². The maximum atomic E-state index is 13.5. The van der Waals surface area contributed by atoms with Gasteiger partial charge in [0.05, 0.1) is 19.6 Å². The molecule has 0 bridgehead atoms. The summed E-state index contributed by atoms with van der Waals surface area (Å²) < 4.78 is 5.23. The molecule has 0 spiro atoms. The first kappa shape index (κ1) is 19.9. The van der Waals surface area contributed by atoms with Gasteiger partial charge >= 0.3 is 0 Å². The van der Waals surface area contributed by atoms with Gasteiger partial charge in [-0.3, -0.25) is 9.69 Å². The number of carbonyl (C=O) groups excluding carboxylic acids is 1. The molecule has 1 amide bonds. The molecule has 3 atom stereocenters. The highest BCUT2D eigenvalue weighted by Crippen LogP contribution is 2.45. The van der Waals surface area contributed by atoms with Gasteiger partial charge in [-0.1, -0.05) is 42.5 Å². The van der Waals surface area contributed by atoms with Gasteiger partial charge < -0.3 is 14.7 Å². The van der Waals surface area contributed by atoms with Crippen molar-refractivity contribution in [3.05, 3.63) is 65.7 Å².